The van der Waals surface area contributed by atoms with Gasteiger partial charge in [0.15, 0.2) is 5.49 Å². The number of nitrogens with zero attached hydrogens (tertiary/aromatic N) is 4. The zero-order valence-electron chi connectivity index (χ0n) is 20.7. The normalized spacial score (nSPS) is 13.6. The molecule has 0 fully saturated rings. The molecular formula is C31H28N4O. The van der Waals surface area contributed by atoms with Crippen LogP contribution in [0.3, 0.4) is 0 Å². The number of aromatic nitrogens is 2. The van der Waals surface area contributed by atoms with Crippen molar-refractivity contribution in [3.63, 3.8) is 0 Å². The van der Waals surface area contributed by atoms with E-state index in [4.69, 9.17) is 9.72 Å². The lowest BCUT2D eigenvalue weighted by Crippen LogP contribution is -2.16. The zero-order valence-corrected chi connectivity index (χ0v) is 20.7. The summed E-state index contributed by atoms with van der Waals surface area (Å²) in [5, 5.41) is 2.14. The maximum Gasteiger partial charge on any atom is 0.155 e. The molecule has 0 radical (unpaired) electrons. The van der Waals surface area contributed by atoms with Gasteiger partial charge < -0.3 is 9.64 Å². The topological polar surface area (TPSA) is 50.6 Å². The number of rotatable bonds is 5. The van der Waals surface area contributed by atoms with Gasteiger partial charge in [-0.3, -0.25) is 9.98 Å². The van der Waals surface area contributed by atoms with Crippen molar-refractivity contribution in [3.8, 4) is 28.1 Å². The highest BCUT2D eigenvalue weighted by atomic mass is 16.5. The maximum absolute atomic E-state index is 6.15. The number of fused-ring (bicyclic) bond motifs is 1. The van der Waals surface area contributed by atoms with Crippen LogP contribution < -0.4 is 10.2 Å². The summed E-state index contributed by atoms with van der Waals surface area (Å²) in [7, 11) is 3.81. The number of pyridine rings is 1. The van der Waals surface area contributed by atoms with Gasteiger partial charge in [0, 0.05) is 43.6 Å². The Morgan fingerprint density at radius 1 is 0.889 bits per heavy atom. The average molecular weight is 473 g/mol. The summed E-state index contributed by atoms with van der Waals surface area (Å²) in [4.78, 5) is 15.8. The molecule has 36 heavy (non-hydrogen) atoms. The summed E-state index contributed by atoms with van der Waals surface area (Å²) in [5.74, 6) is 0.825. The number of ether oxygens (including phenoxy) is 1. The summed E-state index contributed by atoms with van der Waals surface area (Å²) in [5.41, 5.74) is 6.92. The van der Waals surface area contributed by atoms with Crippen LogP contribution in [0.15, 0.2) is 114 Å². The van der Waals surface area contributed by atoms with Gasteiger partial charge in [0.25, 0.3) is 0 Å². The SMILES string of the molecule is CN=c1nc(-c2cccnc2)cc(C)c2ccc(-c3cccc(OCC4=CC=CC=CN4C)c3)cc12. The molecule has 0 atom stereocenters. The first-order valence-electron chi connectivity index (χ1n) is 11.9. The molecule has 0 unspecified atom stereocenters. The van der Waals surface area contributed by atoms with Crippen LogP contribution in [0.5, 0.6) is 5.75 Å². The number of aryl methyl sites for hydroxylation is 1. The smallest absolute Gasteiger partial charge is 0.155 e. The van der Waals surface area contributed by atoms with Crippen LogP contribution in [0.2, 0.25) is 0 Å². The van der Waals surface area contributed by atoms with E-state index in [9.17, 15) is 0 Å². The van der Waals surface area contributed by atoms with Crippen LogP contribution in [0.1, 0.15) is 5.56 Å². The largest absolute Gasteiger partial charge is 0.487 e. The number of allylic oxidation sites excluding steroid dienone is 4. The van der Waals surface area contributed by atoms with Crippen molar-refractivity contribution in [3.05, 3.63) is 120 Å². The molecule has 0 bridgehead atoms. The fourth-order valence-electron chi connectivity index (χ4n) is 4.27. The lowest BCUT2D eigenvalue weighted by Gasteiger charge is -2.18. The molecule has 0 N–H and O–H groups in total. The Bertz CT molecular complexity index is 1570. The average Bonchev–Trinajstić information content (AvgIpc) is 3.21. The minimum absolute atomic E-state index is 0.487. The summed E-state index contributed by atoms with van der Waals surface area (Å²) in [6.07, 6.45) is 13.7. The Hall–Kier alpha value is -4.51. The lowest BCUT2D eigenvalue weighted by molar-refractivity contribution is 0.318. The van der Waals surface area contributed by atoms with Gasteiger partial charge in [-0.1, -0.05) is 36.4 Å². The zero-order chi connectivity index (χ0) is 24.9. The Morgan fingerprint density at radius 3 is 2.58 bits per heavy atom. The quantitative estimate of drug-likeness (QED) is 0.353. The Labute approximate surface area is 211 Å². The van der Waals surface area contributed by atoms with Crippen LogP contribution >= 0.6 is 0 Å². The molecular weight excluding hydrogens is 444 g/mol. The van der Waals surface area contributed by atoms with Crippen LogP contribution in [0, 0.1) is 6.92 Å². The molecule has 0 spiro atoms. The first kappa shape index (κ1) is 23.2. The standard InChI is InChI=1S/C31H28N4O/c1-22-17-30(25-10-8-15-33-20-25)34-31(32-2)29-19-24(13-14-28(22)29)23-9-7-12-27(18-23)36-21-26-11-5-4-6-16-35(26)3/h4-20H,21H2,1-3H3. The molecule has 178 valence electrons. The summed E-state index contributed by atoms with van der Waals surface area (Å²) in [6.45, 7) is 2.60. The van der Waals surface area contributed by atoms with Crippen LogP contribution in [-0.4, -0.2) is 35.6 Å². The number of likely N-dealkylation sites (N-methyl/N-ethyl adjacent to an activating group) is 1. The van der Waals surface area contributed by atoms with Crippen molar-refractivity contribution in [1.82, 2.24) is 14.9 Å². The van der Waals surface area contributed by atoms with Gasteiger partial charge in [-0.25, -0.2) is 4.98 Å². The molecule has 0 aliphatic carbocycles. The molecule has 3 heterocycles. The highest BCUT2D eigenvalue weighted by Gasteiger charge is 2.09. The minimum Gasteiger partial charge on any atom is -0.487 e. The van der Waals surface area contributed by atoms with Crippen LogP contribution in [0.25, 0.3) is 33.2 Å². The molecule has 5 rings (SSSR count). The van der Waals surface area contributed by atoms with Crippen LogP contribution in [-0.2, 0) is 0 Å². The Balaban J connectivity index is 1.51. The van der Waals surface area contributed by atoms with E-state index in [0.717, 1.165) is 50.2 Å². The third-order valence-corrected chi connectivity index (χ3v) is 6.26. The van der Waals surface area contributed by atoms with E-state index in [1.807, 2.05) is 61.9 Å². The van der Waals surface area contributed by atoms with Gasteiger partial charge in [-0.2, -0.15) is 0 Å². The maximum atomic E-state index is 6.15. The minimum atomic E-state index is 0.487. The molecule has 0 amide bonds. The van der Waals surface area contributed by atoms with Crippen molar-refractivity contribution in [1.29, 1.82) is 0 Å². The molecule has 4 aromatic rings. The number of benzene rings is 2. The van der Waals surface area contributed by atoms with E-state index in [0.29, 0.717) is 12.1 Å². The fraction of sp³-hybridized carbons (Fsp3) is 0.129. The summed E-state index contributed by atoms with van der Waals surface area (Å²) >= 11 is 0. The van der Waals surface area contributed by atoms with Gasteiger partial charge in [-0.05, 0) is 77.6 Å². The molecule has 5 heteroatoms. The van der Waals surface area contributed by atoms with Gasteiger partial charge >= 0.3 is 0 Å². The third-order valence-electron chi connectivity index (χ3n) is 6.26. The monoisotopic (exact) mass is 472 g/mol. The van der Waals surface area contributed by atoms with Crippen molar-refractivity contribution < 1.29 is 4.74 Å². The molecule has 0 saturated carbocycles. The van der Waals surface area contributed by atoms with Crippen molar-refractivity contribution in [2.45, 2.75) is 6.92 Å². The van der Waals surface area contributed by atoms with E-state index < -0.39 is 0 Å². The third kappa shape index (κ3) is 4.96. The van der Waals surface area contributed by atoms with Crippen molar-refractivity contribution in [2.75, 3.05) is 20.7 Å². The van der Waals surface area contributed by atoms with E-state index in [2.05, 4.69) is 64.3 Å². The van der Waals surface area contributed by atoms with E-state index in [1.54, 1.807) is 13.2 Å². The van der Waals surface area contributed by atoms with Gasteiger partial charge in [-0.15, -0.1) is 0 Å². The predicted molar refractivity (Wildman–Crippen MR) is 146 cm³/mol. The number of hydrogen-bond acceptors (Lipinski definition) is 5. The predicted octanol–water partition coefficient (Wildman–Crippen LogP) is 6.08. The highest BCUT2D eigenvalue weighted by molar-refractivity contribution is 5.89. The van der Waals surface area contributed by atoms with Gasteiger partial charge in [0.05, 0.1) is 11.4 Å². The summed E-state index contributed by atoms with van der Waals surface area (Å²) in [6, 6.07) is 20.7. The van der Waals surface area contributed by atoms with Crippen molar-refractivity contribution in [2.24, 2.45) is 4.99 Å². The second-order valence-corrected chi connectivity index (χ2v) is 8.69. The molecule has 1 aliphatic heterocycles. The molecule has 2 aromatic heterocycles. The second kappa shape index (κ2) is 10.4. The van der Waals surface area contributed by atoms with Gasteiger partial charge in [0.2, 0.25) is 0 Å². The number of hydrogen-bond donors (Lipinski definition) is 0. The molecule has 1 aliphatic rings. The molecule has 0 saturated heterocycles. The molecule has 5 nitrogen and oxygen atoms in total. The first-order chi connectivity index (χ1) is 17.6. The molecule has 2 aromatic carbocycles. The summed E-state index contributed by atoms with van der Waals surface area (Å²) < 4.78 is 6.15. The van der Waals surface area contributed by atoms with E-state index in [1.165, 1.54) is 0 Å². The fourth-order valence-corrected chi connectivity index (χ4v) is 4.27. The Morgan fingerprint density at radius 2 is 1.75 bits per heavy atom. The highest BCUT2D eigenvalue weighted by Crippen LogP contribution is 2.28. The van der Waals surface area contributed by atoms with E-state index in [-0.39, 0.29) is 0 Å². The van der Waals surface area contributed by atoms with Gasteiger partial charge in [0.1, 0.15) is 12.4 Å². The lowest BCUT2D eigenvalue weighted by atomic mass is 10.0. The van der Waals surface area contributed by atoms with Crippen LogP contribution in [0.4, 0.5) is 0 Å². The first-order valence-corrected chi connectivity index (χ1v) is 11.9. The Kier molecular flexibility index (Phi) is 6.72. The van der Waals surface area contributed by atoms with Crippen molar-refractivity contribution >= 4 is 10.8 Å². The second-order valence-electron chi connectivity index (χ2n) is 8.69. The van der Waals surface area contributed by atoms with E-state index >= 15 is 0 Å².